The van der Waals surface area contributed by atoms with E-state index in [9.17, 15) is 9.59 Å². The highest BCUT2D eigenvalue weighted by atomic mass is 16.5. The first kappa shape index (κ1) is 15.1. The smallest absolute Gasteiger partial charge is 0.407 e. The van der Waals surface area contributed by atoms with Crippen molar-refractivity contribution in [3.8, 4) is 0 Å². The molecule has 1 amide bonds. The number of rotatable bonds is 4. The molecule has 1 unspecified atom stereocenters. The molecule has 0 saturated heterocycles. The summed E-state index contributed by atoms with van der Waals surface area (Å²) < 4.78 is 9.93. The average Bonchev–Trinajstić information content (AvgIpc) is 2.54. The van der Waals surface area contributed by atoms with Gasteiger partial charge >= 0.3 is 12.1 Å². The van der Waals surface area contributed by atoms with Crippen LogP contribution in [0.4, 0.5) is 4.79 Å². The summed E-state index contributed by atoms with van der Waals surface area (Å²) in [5, 5.41) is 2.74. The Morgan fingerprint density at radius 1 is 1.19 bits per heavy atom. The third-order valence-corrected chi connectivity index (χ3v) is 3.45. The first-order valence-corrected chi connectivity index (χ1v) is 6.90. The van der Waals surface area contributed by atoms with Crippen LogP contribution in [0.1, 0.15) is 18.4 Å². The zero-order chi connectivity index (χ0) is 15.1. The van der Waals surface area contributed by atoms with Crippen molar-refractivity contribution in [2.24, 2.45) is 5.92 Å². The number of esters is 1. The van der Waals surface area contributed by atoms with Crippen molar-refractivity contribution in [3.05, 3.63) is 48.0 Å². The summed E-state index contributed by atoms with van der Waals surface area (Å²) in [4.78, 5) is 23.5. The fraction of sp³-hybridized carbons (Fsp3) is 0.375. The van der Waals surface area contributed by atoms with Gasteiger partial charge in [-0.3, -0.25) is 4.79 Å². The third-order valence-electron chi connectivity index (χ3n) is 3.45. The number of benzene rings is 1. The number of carbonyl (C=O) groups is 2. The lowest BCUT2D eigenvalue weighted by Gasteiger charge is -2.26. The van der Waals surface area contributed by atoms with E-state index < -0.39 is 6.09 Å². The molecule has 0 spiro atoms. The SMILES string of the molecule is COC(=O)[C@H]1CC=CCC1NC(=O)OCc1ccccc1. The monoisotopic (exact) mass is 289 g/mol. The van der Waals surface area contributed by atoms with Crippen molar-refractivity contribution in [3.63, 3.8) is 0 Å². The van der Waals surface area contributed by atoms with E-state index in [1.54, 1.807) is 0 Å². The van der Waals surface area contributed by atoms with E-state index in [1.807, 2.05) is 42.5 Å². The summed E-state index contributed by atoms with van der Waals surface area (Å²) in [5.41, 5.74) is 0.917. The minimum absolute atomic E-state index is 0.206. The van der Waals surface area contributed by atoms with Gasteiger partial charge in [0.25, 0.3) is 0 Å². The van der Waals surface area contributed by atoms with E-state index in [4.69, 9.17) is 9.47 Å². The molecule has 5 nitrogen and oxygen atoms in total. The Kier molecular flexibility index (Phi) is 5.37. The van der Waals surface area contributed by atoms with Gasteiger partial charge in [0.05, 0.1) is 13.0 Å². The molecule has 1 aliphatic rings. The van der Waals surface area contributed by atoms with Crippen molar-refractivity contribution in [2.45, 2.75) is 25.5 Å². The summed E-state index contributed by atoms with van der Waals surface area (Å²) in [6.45, 7) is 0.206. The van der Waals surface area contributed by atoms with E-state index in [2.05, 4.69) is 5.32 Å². The zero-order valence-corrected chi connectivity index (χ0v) is 12.0. The Bertz CT molecular complexity index is 512. The molecular weight excluding hydrogens is 270 g/mol. The molecule has 1 aromatic carbocycles. The molecule has 2 rings (SSSR count). The van der Waals surface area contributed by atoms with Crippen molar-refractivity contribution in [1.82, 2.24) is 5.32 Å². The standard InChI is InChI=1S/C16H19NO4/c1-20-15(18)13-9-5-6-10-14(13)17-16(19)21-11-12-7-3-2-4-8-12/h2-8,13-14H,9-11H2,1H3,(H,17,19)/t13-,14?/m0/s1. The number of hydrogen-bond acceptors (Lipinski definition) is 4. The highest BCUT2D eigenvalue weighted by Gasteiger charge is 2.31. The maximum absolute atomic E-state index is 11.8. The van der Waals surface area contributed by atoms with Gasteiger partial charge in [-0.1, -0.05) is 42.5 Å². The maximum atomic E-state index is 11.8. The van der Waals surface area contributed by atoms with E-state index in [1.165, 1.54) is 7.11 Å². The number of allylic oxidation sites excluding steroid dienone is 1. The van der Waals surface area contributed by atoms with Gasteiger partial charge in [0.15, 0.2) is 0 Å². The zero-order valence-electron chi connectivity index (χ0n) is 12.0. The van der Waals surface area contributed by atoms with Gasteiger partial charge in [0.2, 0.25) is 0 Å². The van der Waals surface area contributed by atoms with Crippen LogP contribution in [0.3, 0.4) is 0 Å². The molecule has 0 fully saturated rings. The van der Waals surface area contributed by atoms with Gasteiger partial charge < -0.3 is 14.8 Å². The molecule has 0 aliphatic heterocycles. The third kappa shape index (κ3) is 4.34. The van der Waals surface area contributed by atoms with Gasteiger partial charge in [-0.05, 0) is 18.4 Å². The number of ether oxygens (including phenoxy) is 2. The normalized spacial score (nSPS) is 20.6. The lowest BCUT2D eigenvalue weighted by atomic mass is 9.89. The molecule has 0 aromatic heterocycles. The Labute approximate surface area is 123 Å². The summed E-state index contributed by atoms with van der Waals surface area (Å²) >= 11 is 0. The van der Waals surface area contributed by atoms with Gasteiger partial charge in [0, 0.05) is 6.04 Å². The van der Waals surface area contributed by atoms with Crippen molar-refractivity contribution >= 4 is 12.1 Å². The maximum Gasteiger partial charge on any atom is 0.407 e. The Hall–Kier alpha value is -2.30. The predicted octanol–water partition coefficient (Wildman–Crippen LogP) is 2.42. The first-order valence-electron chi connectivity index (χ1n) is 6.90. The number of hydrogen-bond donors (Lipinski definition) is 1. The molecule has 1 aliphatic carbocycles. The molecule has 5 heteroatoms. The van der Waals surface area contributed by atoms with Crippen LogP contribution in [0.2, 0.25) is 0 Å². The molecule has 2 atom stereocenters. The first-order chi connectivity index (χ1) is 10.2. The molecule has 112 valence electrons. The van der Waals surface area contributed by atoms with Crippen LogP contribution < -0.4 is 5.32 Å². The van der Waals surface area contributed by atoms with Gasteiger partial charge in [0.1, 0.15) is 6.61 Å². The average molecular weight is 289 g/mol. The van der Waals surface area contributed by atoms with Crippen molar-refractivity contribution in [1.29, 1.82) is 0 Å². The minimum atomic E-state index is -0.520. The fourth-order valence-corrected chi connectivity index (χ4v) is 2.30. The van der Waals surface area contributed by atoms with E-state index in [-0.39, 0.29) is 24.5 Å². The fourth-order valence-electron chi connectivity index (χ4n) is 2.30. The van der Waals surface area contributed by atoms with Crippen LogP contribution in [0.25, 0.3) is 0 Å². The number of amides is 1. The van der Waals surface area contributed by atoms with E-state index in [0.29, 0.717) is 12.8 Å². The van der Waals surface area contributed by atoms with Gasteiger partial charge in [-0.25, -0.2) is 4.79 Å². The van der Waals surface area contributed by atoms with Crippen LogP contribution in [0.5, 0.6) is 0 Å². The minimum Gasteiger partial charge on any atom is -0.469 e. The van der Waals surface area contributed by atoms with E-state index in [0.717, 1.165) is 5.56 Å². The van der Waals surface area contributed by atoms with Crippen LogP contribution in [0.15, 0.2) is 42.5 Å². The summed E-state index contributed by atoms with van der Waals surface area (Å²) in [6.07, 6.45) is 4.51. The predicted molar refractivity (Wildman–Crippen MR) is 77.4 cm³/mol. The van der Waals surface area contributed by atoms with Gasteiger partial charge in [-0.2, -0.15) is 0 Å². The highest BCUT2D eigenvalue weighted by molar-refractivity contribution is 5.75. The largest absolute Gasteiger partial charge is 0.469 e. The lowest BCUT2D eigenvalue weighted by molar-refractivity contribution is -0.146. The molecule has 0 bridgehead atoms. The quantitative estimate of drug-likeness (QED) is 0.683. The Morgan fingerprint density at radius 3 is 2.62 bits per heavy atom. The Balaban J connectivity index is 1.86. The molecular formula is C16H19NO4. The lowest BCUT2D eigenvalue weighted by Crippen LogP contribution is -2.44. The number of alkyl carbamates (subject to hydrolysis) is 1. The topological polar surface area (TPSA) is 64.6 Å². The number of nitrogens with one attached hydrogen (secondary N) is 1. The second kappa shape index (κ2) is 7.47. The molecule has 1 aromatic rings. The molecule has 1 N–H and O–H groups in total. The number of methoxy groups -OCH3 is 1. The van der Waals surface area contributed by atoms with Crippen molar-refractivity contribution in [2.75, 3.05) is 7.11 Å². The highest BCUT2D eigenvalue weighted by Crippen LogP contribution is 2.20. The second-order valence-corrected chi connectivity index (χ2v) is 4.89. The summed E-state index contributed by atoms with van der Waals surface area (Å²) in [5.74, 6) is -0.669. The van der Waals surface area contributed by atoms with Crippen LogP contribution in [-0.4, -0.2) is 25.2 Å². The Morgan fingerprint density at radius 2 is 1.90 bits per heavy atom. The molecule has 0 saturated carbocycles. The van der Waals surface area contributed by atoms with Crippen molar-refractivity contribution < 1.29 is 19.1 Å². The molecule has 21 heavy (non-hydrogen) atoms. The molecule has 0 heterocycles. The molecule has 0 radical (unpaired) electrons. The van der Waals surface area contributed by atoms with Gasteiger partial charge in [-0.15, -0.1) is 0 Å². The van der Waals surface area contributed by atoms with Crippen LogP contribution in [0, 0.1) is 5.92 Å². The van der Waals surface area contributed by atoms with Crippen LogP contribution >= 0.6 is 0 Å². The summed E-state index contributed by atoms with van der Waals surface area (Å²) in [7, 11) is 1.35. The second-order valence-electron chi connectivity index (χ2n) is 4.89. The van der Waals surface area contributed by atoms with Crippen LogP contribution in [-0.2, 0) is 20.9 Å². The van der Waals surface area contributed by atoms with E-state index >= 15 is 0 Å². The number of carbonyl (C=O) groups excluding carboxylic acids is 2. The summed E-state index contributed by atoms with van der Waals surface area (Å²) in [6, 6.07) is 9.15.